The zero-order valence-electron chi connectivity index (χ0n) is 21.7. The van der Waals surface area contributed by atoms with E-state index in [2.05, 4.69) is 10.4 Å². The highest BCUT2D eigenvalue weighted by Crippen LogP contribution is 2.25. The molecular weight excluding hydrogens is 494 g/mol. The Labute approximate surface area is 224 Å². The summed E-state index contributed by atoms with van der Waals surface area (Å²) in [6, 6.07) is 27.8. The summed E-state index contributed by atoms with van der Waals surface area (Å²) in [5.74, 6) is -1.32. The molecule has 0 aliphatic heterocycles. The standard InChI is InChI=1S/C30H27N5O4/c1-20-26(29(37)35(33(20)3)24-17-11-6-12-18-24)31-28(36)21(2)39-30(38)25-19-34(23-15-9-5-10-16-23)32-27(25)22-13-7-4-8-14-22/h4-19,21H,1-3H3,(H,31,36). The molecule has 1 unspecified atom stereocenters. The third-order valence-corrected chi connectivity index (χ3v) is 6.46. The molecule has 0 spiro atoms. The SMILES string of the molecule is Cc1c(NC(=O)C(C)OC(=O)c2cn(-c3ccccc3)nc2-c2ccccc2)c(=O)n(-c2ccccc2)n1C. The van der Waals surface area contributed by atoms with E-state index in [1.54, 1.807) is 41.7 Å². The quantitative estimate of drug-likeness (QED) is 0.318. The van der Waals surface area contributed by atoms with Crippen LogP contribution in [0.15, 0.2) is 102 Å². The van der Waals surface area contributed by atoms with Crippen LogP contribution in [0.1, 0.15) is 23.0 Å². The summed E-state index contributed by atoms with van der Waals surface area (Å²) in [4.78, 5) is 39.5. The molecule has 1 amide bonds. The minimum atomic E-state index is -1.18. The average molecular weight is 522 g/mol. The van der Waals surface area contributed by atoms with Crippen molar-refractivity contribution in [3.8, 4) is 22.6 Å². The van der Waals surface area contributed by atoms with E-state index in [-0.39, 0.29) is 16.8 Å². The molecule has 1 N–H and O–H groups in total. The van der Waals surface area contributed by atoms with Crippen LogP contribution in [0.3, 0.4) is 0 Å². The summed E-state index contributed by atoms with van der Waals surface area (Å²) in [5, 5.41) is 7.28. The fourth-order valence-corrected chi connectivity index (χ4v) is 4.26. The van der Waals surface area contributed by atoms with E-state index in [1.807, 2.05) is 78.9 Å². The van der Waals surface area contributed by atoms with Crippen molar-refractivity contribution in [2.75, 3.05) is 5.32 Å². The number of hydrogen-bond donors (Lipinski definition) is 1. The van der Waals surface area contributed by atoms with Crippen LogP contribution in [0, 0.1) is 6.92 Å². The molecule has 5 rings (SSSR count). The van der Waals surface area contributed by atoms with Crippen LogP contribution in [0.4, 0.5) is 5.69 Å². The maximum atomic E-state index is 13.3. The van der Waals surface area contributed by atoms with Gasteiger partial charge in [-0.3, -0.25) is 14.3 Å². The van der Waals surface area contributed by atoms with Gasteiger partial charge in [0.1, 0.15) is 16.9 Å². The number of para-hydroxylation sites is 2. The fraction of sp³-hybridized carbons (Fsp3) is 0.133. The highest BCUT2D eigenvalue weighted by Gasteiger charge is 2.26. The Morgan fingerprint density at radius 1 is 0.872 bits per heavy atom. The van der Waals surface area contributed by atoms with Crippen LogP contribution in [0.2, 0.25) is 0 Å². The van der Waals surface area contributed by atoms with Gasteiger partial charge in [-0.25, -0.2) is 14.2 Å². The maximum Gasteiger partial charge on any atom is 0.342 e. The number of carbonyl (C=O) groups excluding carboxylic acids is 2. The number of ether oxygens (including phenoxy) is 1. The molecule has 0 saturated heterocycles. The summed E-state index contributed by atoms with van der Waals surface area (Å²) in [5.41, 5.74) is 3.11. The Balaban J connectivity index is 1.39. The molecule has 0 aliphatic rings. The molecule has 0 fully saturated rings. The monoisotopic (exact) mass is 521 g/mol. The lowest BCUT2D eigenvalue weighted by molar-refractivity contribution is -0.123. The van der Waals surface area contributed by atoms with Gasteiger partial charge in [0.15, 0.2) is 6.10 Å². The lowest BCUT2D eigenvalue weighted by atomic mass is 10.1. The number of esters is 1. The van der Waals surface area contributed by atoms with E-state index in [1.165, 1.54) is 11.6 Å². The van der Waals surface area contributed by atoms with Crippen molar-refractivity contribution < 1.29 is 14.3 Å². The van der Waals surface area contributed by atoms with E-state index < -0.39 is 18.0 Å². The van der Waals surface area contributed by atoms with Crippen molar-refractivity contribution in [2.24, 2.45) is 7.05 Å². The molecule has 0 saturated carbocycles. The van der Waals surface area contributed by atoms with Crippen molar-refractivity contribution in [1.29, 1.82) is 0 Å². The minimum absolute atomic E-state index is 0.121. The minimum Gasteiger partial charge on any atom is -0.449 e. The summed E-state index contributed by atoms with van der Waals surface area (Å²) in [6.07, 6.45) is 0.412. The molecule has 3 aromatic carbocycles. The number of amides is 1. The number of carbonyl (C=O) groups is 2. The Kier molecular flexibility index (Phi) is 6.96. The number of aromatic nitrogens is 4. The van der Waals surface area contributed by atoms with Crippen molar-refractivity contribution in [1.82, 2.24) is 19.1 Å². The molecular formula is C30H27N5O4. The molecule has 1 atom stereocenters. The Hall–Kier alpha value is -5.18. The predicted octanol–water partition coefficient (Wildman–Crippen LogP) is 4.52. The second-order valence-corrected chi connectivity index (χ2v) is 9.01. The van der Waals surface area contributed by atoms with Crippen molar-refractivity contribution in [2.45, 2.75) is 20.0 Å². The molecule has 9 heteroatoms. The van der Waals surface area contributed by atoms with Gasteiger partial charge in [-0.05, 0) is 38.1 Å². The molecule has 0 aliphatic carbocycles. The van der Waals surface area contributed by atoms with Gasteiger partial charge in [0.25, 0.3) is 11.5 Å². The van der Waals surface area contributed by atoms with Crippen molar-refractivity contribution in [3.63, 3.8) is 0 Å². The van der Waals surface area contributed by atoms with Crippen LogP contribution < -0.4 is 10.9 Å². The number of hydrogen-bond acceptors (Lipinski definition) is 5. The van der Waals surface area contributed by atoms with E-state index in [9.17, 15) is 14.4 Å². The van der Waals surface area contributed by atoms with Gasteiger partial charge >= 0.3 is 5.97 Å². The summed E-state index contributed by atoms with van der Waals surface area (Å²) in [7, 11) is 1.73. The number of nitrogens with zero attached hydrogens (tertiary/aromatic N) is 4. The van der Waals surface area contributed by atoms with Crippen molar-refractivity contribution >= 4 is 17.6 Å². The number of rotatable bonds is 7. The highest BCUT2D eigenvalue weighted by atomic mass is 16.5. The smallest absolute Gasteiger partial charge is 0.342 e. The normalized spacial score (nSPS) is 11.7. The number of nitrogens with one attached hydrogen (secondary N) is 1. The summed E-state index contributed by atoms with van der Waals surface area (Å²) in [6.45, 7) is 3.20. The molecule has 0 radical (unpaired) electrons. The lowest BCUT2D eigenvalue weighted by Crippen LogP contribution is -2.32. The second kappa shape index (κ2) is 10.7. The molecule has 0 bridgehead atoms. The fourth-order valence-electron chi connectivity index (χ4n) is 4.26. The maximum absolute atomic E-state index is 13.3. The lowest BCUT2D eigenvalue weighted by Gasteiger charge is -2.13. The predicted molar refractivity (Wildman–Crippen MR) is 148 cm³/mol. The molecule has 2 aromatic heterocycles. The second-order valence-electron chi connectivity index (χ2n) is 9.01. The Bertz CT molecular complexity index is 1690. The van der Waals surface area contributed by atoms with Crippen LogP contribution in [0.25, 0.3) is 22.6 Å². The Morgan fingerprint density at radius 2 is 1.44 bits per heavy atom. The molecule has 9 nitrogen and oxygen atoms in total. The Morgan fingerprint density at radius 3 is 2.05 bits per heavy atom. The van der Waals surface area contributed by atoms with Crippen LogP contribution in [-0.4, -0.2) is 37.1 Å². The van der Waals surface area contributed by atoms with Crippen LogP contribution in [0.5, 0.6) is 0 Å². The molecule has 39 heavy (non-hydrogen) atoms. The summed E-state index contributed by atoms with van der Waals surface area (Å²) >= 11 is 0. The first-order chi connectivity index (χ1) is 18.8. The van der Waals surface area contributed by atoms with Gasteiger partial charge in [-0.1, -0.05) is 66.7 Å². The zero-order chi connectivity index (χ0) is 27.5. The van der Waals surface area contributed by atoms with Crippen LogP contribution >= 0.6 is 0 Å². The first-order valence-electron chi connectivity index (χ1n) is 12.4. The van der Waals surface area contributed by atoms with Crippen molar-refractivity contribution in [3.05, 3.63) is 119 Å². The average Bonchev–Trinajstić information content (AvgIpc) is 3.50. The molecule has 2 heterocycles. The first kappa shape index (κ1) is 25.5. The topological polar surface area (TPSA) is 100 Å². The highest BCUT2D eigenvalue weighted by molar-refractivity contribution is 6.00. The van der Waals surface area contributed by atoms with Gasteiger partial charge in [0.05, 0.1) is 17.1 Å². The van der Waals surface area contributed by atoms with E-state index >= 15 is 0 Å². The van der Waals surface area contributed by atoms with E-state index in [4.69, 9.17) is 4.74 Å². The first-order valence-corrected chi connectivity index (χ1v) is 12.4. The van der Waals surface area contributed by atoms with Gasteiger partial charge < -0.3 is 10.1 Å². The summed E-state index contributed by atoms with van der Waals surface area (Å²) < 4.78 is 10.3. The van der Waals surface area contributed by atoms with Gasteiger partial charge in [0.2, 0.25) is 0 Å². The van der Waals surface area contributed by atoms with Gasteiger partial charge in [-0.2, -0.15) is 5.10 Å². The third kappa shape index (κ3) is 5.02. The molecule has 5 aromatic rings. The van der Waals surface area contributed by atoms with Gasteiger partial charge in [-0.15, -0.1) is 0 Å². The molecule has 196 valence electrons. The van der Waals surface area contributed by atoms with Crippen LogP contribution in [-0.2, 0) is 16.6 Å². The third-order valence-electron chi connectivity index (χ3n) is 6.46. The zero-order valence-corrected chi connectivity index (χ0v) is 21.7. The van der Waals surface area contributed by atoms with E-state index in [0.29, 0.717) is 17.1 Å². The number of benzene rings is 3. The number of anilines is 1. The van der Waals surface area contributed by atoms with Gasteiger partial charge in [0, 0.05) is 18.8 Å². The van der Waals surface area contributed by atoms with E-state index in [0.717, 1.165) is 11.3 Å². The largest absolute Gasteiger partial charge is 0.449 e.